The van der Waals surface area contributed by atoms with Crippen LogP contribution in [0.5, 0.6) is 5.75 Å². The zero-order valence-corrected chi connectivity index (χ0v) is 20.3. The van der Waals surface area contributed by atoms with E-state index in [9.17, 15) is 10.1 Å². The molecule has 5 rings (SSSR count). The highest BCUT2D eigenvalue weighted by Crippen LogP contribution is 2.42. The van der Waals surface area contributed by atoms with Gasteiger partial charge in [0.2, 0.25) is 0 Å². The lowest BCUT2D eigenvalue weighted by Crippen LogP contribution is -2.52. The Kier molecular flexibility index (Phi) is 6.48. The summed E-state index contributed by atoms with van der Waals surface area (Å²) in [5.41, 5.74) is 3.22. The van der Waals surface area contributed by atoms with E-state index < -0.39 is 0 Å². The number of hydrogen-bond donors (Lipinski definition) is 1. The van der Waals surface area contributed by atoms with Crippen LogP contribution >= 0.6 is 0 Å². The van der Waals surface area contributed by atoms with Gasteiger partial charge in [0.25, 0.3) is 0 Å². The number of ether oxygens (including phenoxy) is 1. The maximum Gasteiger partial charge on any atom is 0.311 e. The van der Waals surface area contributed by atoms with Crippen LogP contribution in [0.25, 0.3) is 11.1 Å². The second-order valence-corrected chi connectivity index (χ2v) is 10.2. The van der Waals surface area contributed by atoms with Crippen molar-refractivity contribution >= 4 is 11.4 Å². The van der Waals surface area contributed by atoms with Crippen molar-refractivity contribution in [2.45, 2.75) is 44.6 Å². The molecule has 0 radical (unpaired) electrons. The number of aryl methyl sites for hydroxylation is 1. The van der Waals surface area contributed by atoms with Crippen molar-refractivity contribution in [1.29, 1.82) is 0 Å². The molecular weight excluding hydrogens is 432 g/mol. The van der Waals surface area contributed by atoms with Gasteiger partial charge in [-0.3, -0.25) is 14.8 Å². The van der Waals surface area contributed by atoms with E-state index in [2.05, 4.69) is 20.2 Å². The molecule has 0 aliphatic carbocycles. The average Bonchev–Trinajstić information content (AvgIpc) is 3.30. The summed E-state index contributed by atoms with van der Waals surface area (Å²) in [6, 6.07) is 4.09. The monoisotopic (exact) mass is 468 g/mol. The molecule has 1 aromatic carbocycles. The first-order valence-corrected chi connectivity index (χ1v) is 12.5. The Morgan fingerprint density at radius 3 is 2.53 bits per heavy atom. The van der Waals surface area contributed by atoms with E-state index in [1.54, 1.807) is 16.9 Å². The van der Waals surface area contributed by atoms with E-state index in [4.69, 9.17) is 4.74 Å². The maximum atomic E-state index is 11.7. The van der Waals surface area contributed by atoms with Gasteiger partial charge in [-0.2, -0.15) is 5.10 Å². The predicted octanol–water partition coefficient (Wildman–Crippen LogP) is 3.44. The van der Waals surface area contributed by atoms with Crippen molar-refractivity contribution in [3.8, 4) is 16.9 Å². The molecule has 2 aromatic rings. The molecule has 34 heavy (non-hydrogen) atoms. The van der Waals surface area contributed by atoms with Crippen LogP contribution in [0.2, 0.25) is 0 Å². The summed E-state index contributed by atoms with van der Waals surface area (Å²) >= 11 is 0. The Morgan fingerprint density at radius 2 is 1.94 bits per heavy atom. The molecule has 1 aromatic heterocycles. The van der Waals surface area contributed by atoms with Crippen molar-refractivity contribution < 1.29 is 9.66 Å². The molecule has 3 aliphatic heterocycles. The number of nitrogens with zero attached hydrogens (tertiary/aromatic N) is 5. The van der Waals surface area contributed by atoms with Gasteiger partial charge in [-0.05, 0) is 63.6 Å². The third kappa shape index (κ3) is 4.51. The minimum Gasteiger partial charge on any atom is -0.490 e. The van der Waals surface area contributed by atoms with E-state index in [0.29, 0.717) is 17.2 Å². The third-order valence-corrected chi connectivity index (χ3v) is 8.25. The molecule has 0 amide bonds. The normalized spacial score (nSPS) is 21.6. The fraction of sp³-hybridized carbons (Fsp3) is 0.640. The van der Waals surface area contributed by atoms with Crippen LogP contribution in [0.15, 0.2) is 24.5 Å². The largest absolute Gasteiger partial charge is 0.490 e. The van der Waals surface area contributed by atoms with Gasteiger partial charge in [0.05, 0.1) is 18.2 Å². The van der Waals surface area contributed by atoms with Crippen LogP contribution in [0, 0.1) is 15.5 Å². The fourth-order valence-corrected chi connectivity index (χ4v) is 6.21. The summed E-state index contributed by atoms with van der Waals surface area (Å²) in [7, 11) is 3.35. The zero-order chi connectivity index (χ0) is 23.7. The number of benzene rings is 1. The third-order valence-electron chi connectivity index (χ3n) is 8.25. The molecule has 3 fully saturated rings. The van der Waals surface area contributed by atoms with Crippen LogP contribution in [0.1, 0.15) is 38.5 Å². The number of hydrogen-bond acceptors (Lipinski definition) is 7. The highest BCUT2D eigenvalue weighted by molar-refractivity contribution is 5.82. The highest BCUT2D eigenvalue weighted by Gasteiger charge is 2.38. The topological polar surface area (TPSA) is 88.7 Å². The quantitative estimate of drug-likeness (QED) is 0.531. The zero-order valence-electron chi connectivity index (χ0n) is 20.3. The first-order chi connectivity index (χ1) is 16.5. The smallest absolute Gasteiger partial charge is 0.311 e. The summed E-state index contributed by atoms with van der Waals surface area (Å²) in [6.07, 6.45) is 11.2. The highest BCUT2D eigenvalue weighted by atomic mass is 16.6. The average molecular weight is 469 g/mol. The summed E-state index contributed by atoms with van der Waals surface area (Å²) in [5, 5.41) is 19.6. The minimum absolute atomic E-state index is 0.0144. The Labute approximate surface area is 201 Å². The van der Waals surface area contributed by atoms with Gasteiger partial charge in [-0.15, -0.1) is 0 Å². The molecule has 0 atom stereocenters. The summed E-state index contributed by atoms with van der Waals surface area (Å²) < 4.78 is 7.13. The standard InChI is InChI=1S/C25H36N6O3/c1-28-17-19(16-27-28)21-14-23(31(32)33)24(34-2)15-22(21)30-10-4-20(5-11-30)29-12-7-25(8-13-29)6-3-9-26-18-25/h14-17,20,26H,3-13,18H2,1-2H3. The molecule has 0 saturated carbocycles. The molecule has 1 spiro atoms. The maximum absolute atomic E-state index is 11.7. The van der Waals surface area contributed by atoms with Gasteiger partial charge in [0.15, 0.2) is 5.75 Å². The Hall–Kier alpha value is -2.65. The Morgan fingerprint density at radius 1 is 1.18 bits per heavy atom. The summed E-state index contributed by atoms with van der Waals surface area (Å²) in [4.78, 5) is 16.4. The van der Waals surface area contributed by atoms with Gasteiger partial charge >= 0.3 is 5.69 Å². The van der Waals surface area contributed by atoms with Crippen LogP contribution in [-0.2, 0) is 7.05 Å². The molecule has 184 valence electrons. The van der Waals surface area contributed by atoms with E-state index in [1.807, 2.05) is 19.3 Å². The number of anilines is 1. The Balaban J connectivity index is 1.31. The minimum atomic E-state index is -0.375. The van der Waals surface area contributed by atoms with Crippen molar-refractivity contribution in [1.82, 2.24) is 20.0 Å². The SMILES string of the molecule is COc1cc(N2CCC(N3CCC4(CCCNC4)CC3)CC2)c(-c2cnn(C)c2)cc1[N+](=O)[O-]. The Bertz CT molecular complexity index is 1010. The molecule has 9 heteroatoms. The number of nitro benzene ring substituents is 1. The van der Waals surface area contributed by atoms with E-state index in [1.165, 1.54) is 59.0 Å². The number of rotatable bonds is 5. The number of aromatic nitrogens is 2. The van der Waals surface area contributed by atoms with Crippen LogP contribution < -0.4 is 15.0 Å². The van der Waals surface area contributed by atoms with Crippen molar-refractivity contribution in [3.05, 3.63) is 34.6 Å². The number of piperidine rings is 3. The first-order valence-electron chi connectivity index (χ1n) is 12.5. The second-order valence-electron chi connectivity index (χ2n) is 10.2. The van der Waals surface area contributed by atoms with Gasteiger partial charge in [0.1, 0.15) is 0 Å². The van der Waals surface area contributed by atoms with Crippen LogP contribution in [0.3, 0.4) is 0 Å². The van der Waals surface area contributed by atoms with Gasteiger partial charge in [-0.1, -0.05) is 0 Å². The van der Waals surface area contributed by atoms with E-state index in [0.717, 1.165) is 42.7 Å². The van der Waals surface area contributed by atoms with Gasteiger partial charge in [0, 0.05) is 67.9 Å². The summed E-state index contributed by atoms with van der Waals surface area (Å²) in [6.45, 7) is 6.65. The molecule has 0 unspecified atom stereocenters. The number of methoxy groups -OCH3 is 1. The lowest BCUT2D eigenvalue weighted by Gasteiger charge is -2.48. The molecule has 3 aliphatic rings. The molecular formula is C25H36N6O3. The lowest BCUT2D eigenvalue weighted by atomic mass is 9.72. The molecule has 1 N–H and O–H groups in total. The second kappa shape index (κ2) is 9.54. The van der Waals surface area contributed by atoms with E-state index in [-0.39, 0.29) is 10.6 Å². The number of nitro groups is 1. The number of nitrogens with one attached hydrogen (secondary N) is 1. The molecule has 0 bridgehead atoms. The molecule has 3 saturated heterocycles. The molecule has 9 nitrogen and oxygen atoms in total. The van der Waals surface area contributed by atoms with Crippen molar-refractivity contribution in [2.24, 2.45) is 12.5 Å². The van der Waals surface area contributed by atoms with Crippen molar-refractivity contribution in [3.63, 3.8) is 0 Å². The van der Waals surface area contributed by atoms with Gasteiger partial charge < -0.3 is 19.9 Å². The lowest BCUT2D eigenvalue weighted by molar-refractivity contribution is -0.385. The predicted molar refractivity (Wildman–Crippen MR) is 132 cm³/mol. The van der Waals surface area contributed by atoms with E-state index >= 15 is 0 Å². The van der Waals surface area contributed by atoms with Crippen LogP contribution in [-0.4, -0.2) is 72.0 Å². The molecule has 4 heterocycles. The van der Waals surface area contributed by atoms with Gasteiger partial charge in [-0.25, -0.2) is 0 Å². The summed E-state index contributed by atoms with van der Waals surface area (Å²) in [5.74, 6) is 0.303. The van der Waals surface area contributed by atoms with Crippen molar-refractivity contribution in [2.75, 3.05) is 51.3 Å². The number of likely N-dealkylation sites (tertiary alicyclic amines) is 1. The first kappa shape index (κ1) is 23.1. The fourth-order valence-electron chi connectivity index (χ4n) is 6.21. The van der Waals surface area contributed by atoms with Crippen LogP contribution in [0.4, 0.5) is 11.4 Å².